The number of benzene rings is 1. The number of hydrogen-bond acceptors (Lipinski definition) is 4. The highest BCUT2D eigenvalue weighted by Gasteiger charge is 2.28. The number of nitrogens with one attached hydrogen (secondary N) is 2. The Balaban J connectivity index is 1.87. The normalized spacial score (nSPS) is 13.8. The van der Waals surface area contributed by atoms with Gasteiger partial charge in [-0.25, -0.2) is 9.18 Å². The Bertz CT molecular complexity index is 544. The van der Waals surface area contributed by atoms with E-state index in [4.69, 9.17) is 10.8 Å². The van der Waals surface area contributed by atoms with E-state index in [2.05, 4.69) is 10.6 Å². The van der Waals surface area contributed by atoms with Crippen molar-refractivity contribution < 1.29 is 19.1 Å². The third-order valence-electron chi connectivity index (χ3n) is 3.06. The first-order valence-electron chi connectivity index (χ1n) is 6.33. The van der Waals surface area contributed by atoms with Crippen LogP contribution in [-0.2, 0) is 4.79 Å². The first-order chi connectivity index (χ1) is 9.49. The van der Waals surface area contributed by atoms with Crippen LogP contribution in [0.5, 0.6) is 0 Å². The van der Waals surface area contributed by atoms with E-state index < -0.39 is 17.3 Å². The van der Waals surface area contributed by atoms with Crippen molar-refractivity contribution in [3.8, 4) is 0 Å². The Morgan fingerprint density at radius 3 is 2.65 bits per heavy atom. The van der Waals surface area contributed by atoms with Crippen molar-refractivity contribution >= 4 is 23.3 Å². The Morgan fingerprint density at radius 1 is 1.35 bits per heavy atom. The lowest BCUT2D eigenvalue weighted by atomic mass is 10.1. The maximum Gasteiger partial charge on any atom is 0.338 e. The number of carbonyl (C=O) groups is 2. The van der Waals surface area contributed by atoms with Crippen molar-refractivity contribution in [2.45, 2.75) is 12.8 Å². The molecule has 108 valence electrons. The van der Waals surface area contributed by atoms with Gasteiger partial charge in [-0.2, -0.15) is 0 Å². The summed E-state index contributed by atoms with van der Waals surface area (Å²) in [6, 6.07) is 2.12. The maximum absolute atomic E-state index is 13.5. The predicted octanol–water partition coefficient (Wildman–Crippen LogP) is 1.04. The molecule has 1 aromatic rings. The number of hydrogen-bond donors (Lipinski definition) is 4. The van der Waals surface area contributed by atoms with E-state index >= 15 is 0 Å². The molecule has 1 aliphatic carbocycles. The van der Waals surface area contributed by atoms with Crippen LogP contribution in [0.1, 0.15) is 23.2 Å². The zero-order valence-electron chi connectivity index (χ0n) is 10.8. The van der Waals surface area contributed by atoms with Crippen LogP contribution in [-0.4, -0.2) is 30.1 Å². The summed E-state index contributed by atoms with van der Waals surface area (Å²) in [7, 11) is 0. The van der Waals surface area contributed by atoms with Crippen LogP contribution in [0.3, 0.4) is 0 Å². The number of nitrogens with two attached hydrogens (primary N) is 1. The van der Waals surface area contributed by atoms with Crippen molar-refractivity contribution in [2.24, 2.45) is 5.92 Å². The lowest BCUT2D eigenvalue weighted by Crippen LogP contribution is -2.29. The highest BCUT2D eigenvalue weighted by molar-refractivity contribution is 5.90. The third kappa shape index (κ3) is 3.37. The zero-order valence-corrected chi connectivity index (χ0v) is 10.8. The molecule has 1 aromatic carbocycles. The van der Waals surface area contributed by atoms with Gasteiger partial charge in [0.05, 0.1) is 16.9 Å². The molecule has 1 fully saturated rings. The summed E-state index contributed by atoms with van der Waals surface area (Å²) in [4.78, 5) is 22.1. The van der Waals surface area contributed by atoms with Crippen LogP contribution in [0.4, 0.5) is 15.8 Å². The molecule has 5 N–H and O–H groups in total. The van der Waals surface area contributed by atoms with E-state index in [1.807, 2.05) is 0 Å². The number of rotatable bonds is 6. The highest BCUT2D eigenvalue weighted by atomic mass is 19.1. The summed E-state index contributed by atoms with van der Waals surface area (Å²) in [5, 5.41) is 14.4. The van der Waals surface area contributed by atoms with E-state index in [1.54, 1.807) is 0 Å². The number of anilines is 2. The second-order valence-corrected chi connectivity index (χ2v) is 4.72. The lowest BCUT2D eigenvalue weighted by Gasteiger charge is -2.11. The SMILES string of the molecule is Nc1cc(C(=O)O)c(F)cc1NCCNC(=O)C1CC1. The monoisotopic (exact) mass is 281 g/mol. The minimum atomic E-state index is -1.36. The summed E-state index contributed by atoms with van der Waals surface area (Å²) in [5.41, 5.74) is 5.65. The lowest BCUT2D eigenvalue weighted by molar-refractivity contribution is -0.122. The third-order valence-corrected chi connectivity index (χ3v) is 3.06. The summed E-state index contributed by atoms with van der Waals surface area (Å²) < 4.78 is 13.5. The van der Waals surface area contributed by atoms with Crippen LogP contribution >= 0.6 is 0 Å². The summed E-state index contributed by atoms with van der Waals surface area (Å²) in [6.45, 7) is 0.783. The average molecular weight is 281 g/mol. The number of nitrogen functional groups attached to an aromatic ring is 1. The molecule has 0 aromatic heterocycles. The van der Waals surface area contributed by atoms with Crippen LogP contribution in [0.25, 0.3) is 0 Å². The molecule has 0 unspecified atom stereocenters. The van der Waals surface area contributed by atoms with Crippen molar-refractivity contribution in [2.75, 3.05) is 24.1 Å². The van der Waals surface area contributed by atoms with Gasteiger partial charge in [0.15, 0.2) is 0 Å². The van der Waals surface area contributed by atoms with Gasteiger partial charge in [-0.1, -0.05) is 0 Å². The molecule has 0 aliphatic heterocycles. The highest BCUT2D eigenvalue weighted by Crippen LogP contribution is 2.28. The maximum atomic E-state index is 13.5. The Labute approximate surface area is 115 Å². The van der Waals surface area contributed by atoms with Crippen LogP contribution in [0, 0.1) is 11.7 Å². The fourth-order valence-electron chi connectivity index (χ4n) is 1.78. The van der Waals surface area contributed by atoms with Crippen LogP contribution in [0.2, 0.25) is 0 Å². The van der Waals surface area contributed by atoms with Crippen molar-refractivity contribution in [3.05, 3.63) is 23.5 Å². The fourth-order valence-corrected chi connectivity index (χ4v) is 1.78. The van der Waals surface area contributed by atoms with Gasteiger partial charge in [0.2, 0.25) is 5.91 Å². The number of carboxylic acid groups (broad SMARTS) is 1. The van der Waals surface area contributed by atoms with Gasteiger partial charge in [-0.15, -0.1) is 0 Å². The van der Waals surface area contributed by atoms with Gasteiger partial charge in [0.1, 0.15) is 5.82 Å². The molecular formula is C13H16FN3O3. The van der Waals surface area contributed by atoms with Gasteiger partial charge in [0, 0.05) is 19.0 Å². The van der Waals surface area contributed by atoms with Gasteiger partial charge < -0.3 is 21.5 Å². The number of carbonyl (C=O) groups excluding carboxylic acids is 1. The summed E-state index contributed by atoms with van der Waals surface area (Å²) in [6.07, 6.45) is 1.88. The van der Waals surface area contributed by atoms with E-state index in [0.29, 0.717) is 18.8 Å². The van der Waals surface area contributed by atoms with Crippen molar-refractivity contribution in [1.29, 1.82) is 0 Å². The van der Waals surface area contributed by atoms with E-state index in [1.165, 1.54) is 0 Å². The largest absolute Gasteiger partial charge is 0.478 e. The van der Waals surface area contributed by atoms with Gasteiger partial charge in [-0.05, 0) is 25.0 Å². The molecule has 1 saturated carbocycles. The molecule has 7 heteroatoms. The van der Waals surface area contributed by atoms with Gasteiger partial charge >= 0.3 is 5.97 Å². The Kier molecular flexibility index (Phi) is 4.07. The molecule has 0 atom stereocenters. The summed E-state index contributed by atoms with van der Waals surface area (Å²) >= 11 is 0. The molecule has 1 amide bonds. The Morgan fingerprint density at radius 2 is 2.05 bits per heavy atom. The molecule has 0 bridgehead atoms. The van der Waals surface area contributed by atoms with E-state index in [9.17, 15) is 14.0 Å². The predicted molar refractivity (Wildman–Crippen MR) is 72.0 cm³/mol. The molecule has 6 nitrogen and oxygen atoms in total. The number of carboxylic acids is 1. The minimum absolute atomic E-state index is 0.0344. The van der Waals surface area contributed by atoms with Crippen molar-refractivity contribution in [1.82, 2.24) is 5.32 Å². The second-order valence-electron chi connectivity index (χ2n) is 4.72. The van der Waals surface area contributed by atoms with E-state index in [0.717, 1.165) is 25.0 Å². The van der Waals surface area contributed by atoms with Crippen LogP contribution in [0.15, 0.2) is 12.1 Å². The minimum Gasteiger partial charge on any atom is -0.478 e. The molecule has 0 radical (unpaired) electrons. The molecule has 0 saturated heterocycles. The fraction of sp³-hybridized carbons (Fsp3) is 0.385. The topological polar surface area (TPSA) is 104 Å². The molecule has 1 aliphatic rings. The molecular weight excluding hydrogens is 265 g/mol. The molecule has 0 spiro atoms. The van der Waals surface area contributed by atoms with E-state index in [-0.39, 0.29) is 17.5 Å². The van der Waals surface area contributed by atoms with Gasteiger partial charge in [0.25, 0.3) is 0 Å². The van der Waals surface area contributed by atoms with Crippen LogP contribution < -0.4 is 16.4 Å². The molecule has 2 rings (SSSR count). The number of halogens is 1. The number of amides is 1. The smallest absolute Gasteiger partial charge is 0.338 e. The zero-order chi connectivity index (χ0) is 14.7. The van der Waals surface area contributed by atoms with Gasteiger partial charge in [-0.3, -0.25) is 4.79 Å². The first-order valence-corrected chi connectivity index (χ1v) is 6.33. The quantitative estimate of drug-likeness (QED) is 0.461. The second kappa shape index (κ2) is 5.77. The molecule has 20 heavy (non-hydrogen) atoms. The van der Waals surface area contributed by atoms with Crippen molar-refractivity contribution in [3.63, 3.8) is 0 Å². The average Bonchev–Trinajstić information content (AvgIpc) is 3.21. The summed E-state index contributed by atoms with van der Waals surface area (Å²) in [5.74, 6) is -2.03. The molecule has 0 heterocycles. The Hall–Kier alpha value is -2.31. The standard InChI is InChI=1S/C13H16FN3O3/c14-9-6-11(10(15)5-8(9)13(19)20)16-3-4-17-12(18)7-1-2-7/h5-7,16H,1-4,15H2,(H,17,18)(H,19,20). The first kappa shape index (κ1) is 14.1. The number of aromatic carboxylic acids is 1.